The van der Waals surface area contributed by atoms with Gasteiger partial charge in [-0.25, -0.2) is 4.98 Å². The van der Waals surface area contributed by atoms with Gasteiger partial charge in [-0.2, -0.15) is 0 Å². The summed E-state index contributed by atoms with van der Waals surface area (Å²) in [6.45, 7) is 7.71. The molecule has 1 aliphatic rings. The van der Waals surface area contributed by atoms with Gasteiger partial charge in [0.2, 0.25) is 0 Å². The van der Waals surface area contributed by atoms with Gasteiger partial charge in [0.05, 0.1) is 0 Å². The lowest BCUT2D eigenvalue weighted by Gasteiger charge is -2.33. The van der Waals surface area contributed by atoms with E-state index in [1.54, 1.807) is 0 Å². The summed E-state index contributed by atoms with van der Waals surface area (Å²) in [7, 11) is 0. The maximum atomic E-state index is 5.85. The van der Waals surface area contributed by atoms with Gasteiger partial charge >= 0.3 is 0 Å². The van der Waals surface area contributed by atoms with E-state index in [-0.39, 0.29) is 5.54 Å². The van der Waals surface area contributed by atoms with Crippen LogP contribution in [0.4, 0.5) is 5.82 Å². The van der Waals surface area contributed by atoms with Gasteiger partial charge in [-0.15, -0.1) is 11.6 Å². The van der Waals surface area contributed by atoms with Crippen molar-refractivity contribution in [3.8, 4) is 0 Å². The highest BCUT2D eigenvalue weighted by Crippen LogP contribution is 2.32. The van der Waals surface area contributed by atoms with Gasteiger partial charge in [0.1, 0.15) is 5.82 Å². The monoisotopic (exact) mass is 238 g/mol. The topological polar surface area (TPSA) is 16.1 Å². The van der Waals surface area contributed by atoms with Crippen LogP contribution in [0.15, 0.2) is 12.1 Å². The van der Waals surface area contributed by atoms with Crippen molar-refractivity contribution in [1.29, 1.82) is 0 Å². The largest absolute Gasteiger partial charge is 0.351 e. The number of aromatic nitrogens is 1. The summed E-state index contributed by atoms with van der Waals surface area (Å²) in [6.07, 6.45) is 2.50. The first-order chi connectivity index (χ1) is 7.54. The molecule has 1 aromatic rings. The lowest BCUT2D eigenvalue weighted by atomic mass is 10.0. The first kappa shape index (κ1) is 11.7. The Labute approximate surface area is 103 Å². The molecule has 3 heteroatoms. The molecule has 0 aliphatic carbocycles. The molecule has 0 aromatic carbocycles. The minimum absolute atomic E-state index is 0.238. The standard InChI is InChI=1S/C13H19ClN2/c1-10-11(9-14)5-6-12(15-10)16-8-4-7-13(16,2)3/h5-6H,4,7-9H2,1-3H3. The molecule has 2 heterocycles. The van der Waals surface area contributed by atoms with Crippen LogP contribution in [0, 0.1) is 6.92 Å². The molecule has 0 N–H and O–H groups in total. The molecular formula is C13H19ClN2. The number of hydrogen-bond donors (Lipinski definition) is 0. The first-order valence-electron chi connectivity index (χ1n) is 5.85. The highest BCUT2D eigenvalue weighted by atomic mass is 35.5. The van der Waals surface area contributed by atoms with Crippen LogP contribution in [-0.4, -0.2) is 17.1 Å². The molecule has 2 nitrogen and oxygen atoms in total. The van der Waals surface area contributed by atoms with Gasteiger partial charge in [0, 0.05) is 23.7 Å². The molecule has 16 heavy (non-hydrogen) atoms. The average Bonchev–Trinajstić information content (AvgIpc) is 2.58. The average molecular weight is 239 g/mol. The fourth-order valence-electron chi connectivity index (χ4n) is 2.40. The van der Waals surface area contributed by atoms with Crippen molar-refractivity contribution in [2.75, 3.05) is 11.4 Å². The molecule has 2 rings (SSSR count). The van der Waals surface area contributed by atoms with Crippen molar-refractivity contribution >= 4 is 17.4 Å². The third-order valence-electron chi connectivity index (χ3n) is 3.50. The van der Waals surface area contributed by atoms with Gasteiger partial charge < -0.3 is 4.90 Å². The number of halogens is 1. The third-order valence-corrected chi connectivity index (χ3v) is 3.79. The van der Waals surface area contributed by atoms with Crippen molar-refractivity contribution in [1.82, 2.24) is 4.98 Å². The zero-order valence-corrected chi connectivity index (χ0v) is 11.0. The highest BCUT2D eigenvalue weighted by Gasteiger charge is 2.32. The molecule has 88 valence electrons. The van der Waals surface area contributed by atoms with Crippen molar-refractivity contribution in [3.05, 3.63) is 23.4 Å². The minimum Gasteiger partial charge on any atom is -0.351 e. The molecule has 1 saturated heterocycles. The molecule has 0 spiro atoms. The van der Waals surface area contributed by atoms with Gasteiger partial charge in [-0.05, 0) is 45.2 Å². The van der Waals surface area contributed by atoms with E-state index in [9.17, 15) is 0 Å². The second kappa shape index (κ2) is 4.25. The summed E-state index contributed by atoms with van der Waals surface area (Å²) in [5.74, 6) is 1.64. The van der Waals surface area contributed by atoms with Crippen LogP contribution in [0.3, 0.4) is 0 Å². The van der Waals surface area contributed by atoms with E-state index in [1.807, 2.05) is 6.92 Å². The lowest BCUT2D eigenvalue weighted by molar-refractivity contribution is 0.514. The van der Waals surface area contributed by atoms with Crippen LogP contribution in [0.2, 0.25) is 0 Å². The van der Waals surface area contributed by atoms with Crippen LogP contribution >= 0.6 is 11.6 Å². The van der Waals surface area contributed by atoms with E-state index < -0.39 is 0 Å². The van der Waals surface area contributed by atoms with E-state index in [0.717, 1.165) is 23.6 Å². The normalized spacial score (nSPS) is 19.1. The number of anilines is 1. The van der Waals surface area contributed by atoms with Gasteiger partial charge in [0.15, 0.2) is 0 Å². The van der Waals surface area contributed by atoms with Crippen LogP contribution in [0.1, 0.15) is 37.9 Å². The van der Waals surface area contributed by atoms with Gasteiger partial charge in [-0.3, -0.25) is 0 Å². The molecular weight excluding hydrogens is 220 g/mol. The fraction of sp³-hybridized carbons (Fsp3) is 0.615. The third kappa shape index (κ3) is 2.03. The SMILES string of the molecule is Cc1nc(N2CCCC2(C)C)ccc1CCl. The second-order valence-electron chi connectivity index (χ2n) is 5.12. The zero-order chi connectivity index (χ0) is 11.8. The smallest absolute Gasteiger partial charge is 0.129 e. The second-order valence-corrected chi connectivity index (χ2v) is 5.38. The molecule has 0 unspecified atom stereocenters. The summed E-state index contributed by atoms with van der Waals surface area (Å²) in [5, 5.41) is 0. The maximum absolute atomic E-state index is 5.85. The van der Waals surface area contributed by atoms with Crippen LogP contribution in [-0.2, 0) is 5.88 Å². The number of rotatable bonds is 2. The van der Waals surface area contributed by atoms with E-state index in [1.165, 1.54) is 12.8 Å². The lowest BCUT2D eigenvalue weighted by Crippen LogP contribution is -2.38. The van der Waals surface area contributed by atoms with Crippen molar-refractivity contribution in [3.63, 3.8) is 0 Å². The molecule has 0 atom stereocenters. The Hall–Kier alpha value is -0.760. The van der Waals surface area contributed by atoms with Crippen molar-refractivity contribution in [2.24, 2.45) is 0 Å². The van der Waals surface area contributed by atoms with Crippen LogP contribution in [0.25, 0.3) is 0 Å². The quantitative estimate of drug-likeness (QED) is 0.733. The fourth-order valence-corrected chi connectivity index (χ4v) is 2.68. The molecule has 0 bridgehead atoms. The Morgan fingerprint density at radius 3 is 2.69 bits per heavy atom. The number of alkyl halides is 1. The number of hydrogen-bond acceptors (Lipinski definition) is 2. The highest BCUT2D eigenvalue weighted by molar-refractivity contribution is 6.17. The number of nitrogens with zero attached hydrogens (tertiary/aromatic N) is 2. The predicted octanol–water partition coefficient (Wildman–Crippen LogP) is 3.51. The molecule has 0 amide bonds. The van der Waals surface area contributed by atoms with Crippen molar-refractivity contribution < 1.29 is 0 Å². The number of pyridine rings is 1. The Morgan fingerprint density at radius 2 is 2.19 bits per heavy atom. The van der Waals surface area contributed by atoms with E-state index in [2.05, 4.69) is 35.9 Å². The molecule has 0 radical (unpaired) electrons. The molecule has 1 fully saturated rings. The Morgan fingerprint density at radius 1 is 1.44 bits per heavy atom. The molecule has 1 aliphatic heterocycles. The summed E-state index contributed by atoms with van der Waals surface area (Å²) in [4.78, 5) is 7.06. The van der Waals surface area contributed by atoms with Crippen LogP contribution in [0.5, 0.6) is 0 Å². The minimum atomic E-state index is 0.238. The van der Waals surface area contributed by atoms with Crippen LogP contribution < -0.4 is 4.90 Å². The molecule has 0 saturated carbocycles. The zero-order valence-electron chi connectivity index (χ0n) is 10.3. The van der Waals surface area contributed by atoms with Crippen molar-refractivity contribution in [2.45, 2.75) is 45.0 Å². The Balaban J connectivity index is 2.31. The van der Waals surface area contributed by atoms with Gasteiger partial charge in [0.25, 0.3) is 0 Å². The summed E-state index contributed by atoms with van der Waals surface area (Å²) >= 11 is 5.85. The van der Waals surface area contributed by atoms with E-state index in [0.29, 0.717) is 5.88 Å². The van der Waals surface area contributed by atoms with E-state index >= 15 is 0 Å². The predicted molar refractivity (Wildman–Crippen MR) is 69.2 cm³/mol. The number of aryl methyl sites for hydroxylation is 1. The summed E-state index contributed by atoms with van der Waals surface area (Å²) < 4.78 is 0. The molecule has 1 aromatic heterocycles. The van der Waals surface area contributed by atoms with Gasteiger partial charge in [-0.1, -0.05) is 6.07 Å². The van der Waals surface area contributed by atoms with E-state index in [4.69, 9.17) is 11.6 Å². The summed E-state index contributed by atoms with van der Waals surface area (Å²) in [6, 6.07) is 4.19. The first-order valence-corrected chi connectivity index (χ1v) is 6.38. The Bertz CT molecular complexity index is 388. The Kier molecular flexibility index (Phi) is 3.11. The maximum Gasteiger partial charge on any atom is 0.129 e. The summed E-state index contributed by atoms with van der Waals surface area (Å²) in [5.41, 5.74) is 2.42.